The van der Waals surface area contributed by atoms with Gasteiger partial charge in [-0.3, -0.25) is 0 Å². The van der Waals surface area contributed by atoms with Gasteiger partial charge in [0.15, 0.2) is 0 Å². The van der Waals surface area contributed by atoms with Crippen LogP contribution in [0.5, 0.6) is 5.88 Å². The minimum atomic E-state index is 0.518. The van der Waals surface area contributed by atoms with Gasteiger partial charge < -0.3 is 4.74 Å². The Morgan fingerprint density at radius 1 is 1.69 bits per heavy atom. The monoisotopic (exact) mass is 239 g/mol. The molecule has 3 heteroatoms. The first-order chi connectivity index (χ1) is 6.24. The summed E-state index contributed by atoms with van der Waals surface area (Å²) in [4.78, 5) is 4.07. The molecule has 1 heterocycles. The summed E-state index contributed by atoms with van der Waals surface area (Å²) in [5, 5.41) is 0. The molecule has 0 radical (unpaired) electrons. The Bertz CT molecular complexity index is 330. The lowest BCUT2D eigenvalue weighted by molar-refractivity contribution is 0.314. The maximum Gasteiger partial charge on any atom is 0.213 e. The van der Waals surface area contributed by atoms with Crippen LogP contribution in [0.3, 0.4) is 0 Å². The number of rotatable bonds is 3. The zero-order valence-corrected chi connectivity index (χ0v) is 8.97. The zero-order valence-electron chi connectivity index (χ0n) is 7.38. The Labute approximate surface area is 86.5 Å². The molecule has 1 rings (SSSR count). The summed E-state index contributed by atoms with van der Waals surface area (Å²) in [6.45, 7) is 2.50. The van der Waals surface area contributed by atoms with Gasteiger partial charge in [-0.05, 0) is 28.4 Å². The Morgan fingerprint density at radius 3 is 3.08 bits per heavy atom. The maximum absolute atomic E-state index is 5.31. The highest BCUT2D eigenvalue weighted by molar-refractivity contribution is 9.10. The lowest BCUT2D eigenvalue weighted by Gasteiger charge is -2.04. The minimum absolute atomic E-state index is 0.518. The number of halogens is 1. The van der Waals surface area contributed by atoms with Gasteiger partial charge in [0.05, 0.1) is 0 Å². The second kappa shape index (κ2) is 4.88. The molecular formula is C10H10BrNO. The molecule has 1 aromatic rings. The molecule has 0 bridgehead atoms. The number of aryl methyl sites for hydroxylation is 1. The summed E-state index contributed by atoms with van der Waals surface area (Å²) in [5.41, 5.74) is 1.10. The molecule has 0 atom stereocenters. The molecule has 0 aliphatic rings. The summed E-state index contributed by atoms with van der Waals surface area (Å²) < 4.78 is 6.29. The molecule has 0 amide bonds. The number of pyridine rings is 1. The maximum atomic E-state index is 5.31. The van der Waals surface area contributed by atoms with E-state index in [4.69, 9.17) is 11.2 Å². The largest absolute Gasteiger partial charge is 0.477 e. The van der Waals surface area contributed by atoms with Crippen molar-refractivity contribution in [2.45, 2.75) is 13.3 Å². The predicted molar refractivity (Wildman–Crippen MR) is 55.6 cm³/mol. The number of hydrogen-bond acceptors (Lipinski definition) is 2. The third-order valence-corrected chi connectivity index (χ3v) is 2.35. The quantitative estimate of drug-likeness (QED) is 0.598. The van der Waals surface area contributed by atoms with Gasteiger partial charge in [-0.15, -0.1) is 12.3 Å². The lowest BCUT2D eigenvalue weighted by Crippen LogP contribution is -1.98. The third kappa shape index (κ3) is 3.08. The van der Waals surface area contributed by atoms with Gasteiger partial charge in [0.2, 0.25) is 5.88 Å². The molecule has 0 saturated carbocycles. The van der Waals surface area contributed by atoms with Gasteiger partial charge in [-0.2, -0.15) is 0 Å². The zero-order chi connectivity index (χ0) is 9.68. The van der Waals surface area contributed by atoms with Crippen LogP contribution in [0.2, 0.25) is 0 Å². The van der Waals surface area contributed by atoms with E-state index in [1.165, 1.54) is 0 Å². The Balaban J connectivity index is 2.59. The van der Waals surface area contributed by atoms with Crippen LogP contribution in [0.25, 0.3) is 0 Å². The van der Waals surface area contributed by atoms with E-state index in [2.05, 4.69) is 26.8 Å². The van der Waals surface area contributed by atoms with E-state index in [1.54, 1.807) is 6.20 Å². The fourth-order valence-corrected chi connectivity index (χ4v) is 1.02. The molecule has 0 aromatic carbocycles. The normalized spacial score (nSPS) is 9.31. The van der Waals surface area contributed by atoms with Crippen molar-refractivity contribution in [1.82, 2.24) is 4.98 Å². The number of ether oxygens (including phenoxy) is 1. The number of terminal acetylenes is 1. The standard InChI is InChI=1S/C10H10BrNO/c1-3-4-5-13-10-6-8(2)9(11)7-12-10/h1,6-7H,4-5H2,2H3. The highest BCUT2D eigenvalue weighted by Crippen LogP contribution is 2.18. The van der Waals surface area contributed by atoms with E-state index < -0.39 is 0 Å². The molecule has 0 spiro atoms. The van der Waals surface area contributed by atoms with Crippen molar-refractivity contribution in [2.24, 2.45) is 0 Å². The van der Waals surface area contributed by atoms with Gasteiger partial charge >= 0.3 is 0 Å². The fourth-order valence-electron chi connectivity index (χ4n) is 0.807. The van der Waals surface area contributed by atoms with Crippen LogP contribution in [0.4, 0.5) is 0 Å². The van der Waals surface area contributed by atoms with Crippen LogP contribution < -0.4 is 4.74 Å². The van der Waals surface area contributed by atoms with Crippen molar-refractivity contribution in [3.63, 3.8) is 0 Å². The highest BCUT2D eigenvalue weighted by atomic mass is 79.9. The second-order valence-electron chi connectivity index (χ2n) is 2.57. The third-order valence-electron chi connectivity index (χ3n) is 1.52. The van der Waals surface area contributed by atoms with Gasteiger partial charge in [0, 0.05) is 23.2 Å². The average molecular weight is 240 g/mol. The van der Waals surface area contributed by atoms with E-state index in [9.17, 15) is 0 Å². The fraction of sp³-hybridized carbons (Fsp3) is 0.300. The number of aromatic nitrogens is 1. The summed E-state index contributed by atoms with van der Waals surface area (Å²) in [5.74, 6) is 3.12. The summed E-state index contributed by atoms with van der Waals surface area (Å²) in [7, 11) is 0. The molecule has 1 aromatic heterocycles. The molecule has 68 valence electrons. The van der Waals surface area contributed by atoms with Crippen LogP contribution in [0.15, 0.2) is 16.7 Å². The summed E-state index contributed by atoms with van der Waals surface area (Å²) in [6.07, 6.45) is 7.42. The van der Waals surface area contributed by atoms with Gasteiger partial charge in [-0.25, -0.2) is 4.98 Å². The van der Waals surface area contributed by atoms with E-state index in [1.807, 2.05) is 13.0 Å². The van der Waals surface area contributed by atoms with Gasteiger partial charge in [0.25, 0.3) is 0 Å². The summed E-state index contributed by atoms with van der Waals surface area (Å²) in [6, 6.07) is 1.88. The first-order valence-corrected chi connectivity index (χ1v) is 4.71. The van der Waals surface area contributed by atoms with Crippen LogP contribution in [-0.2, 0) is 0 Å². The molecule has 0 N–H and O–H groups in total. The van der Waals surface area contributed by atoms with Crippen molar-refractivity contribution in [3.8, 4) is 18.2 Å². The molecule has 13 heavy (non-hydrogen) atoms. The number of hydrogen-bond donors (Lipinski definition) is 0. The van der Waals surface area contributed by atoms with Crippen molar-refractivity contribution >= 4 is 15.9 Å². The Hall–Kier alpha value is -1.01. The Kier molecular flexibility index (Phi) is 3.78. The van der Waals surface area contributed by atoms with Crippen LogP contribution in [0, 0.1) is 19.3 Å². The molecule has 0 saturated heterocycles. The molecule has 0 aliphatic heterocycles. The first kappa shape index (κ1) is 10.1. The predicted octanol–water partition coefficient (Wildman–Crippen LogP) is 2.55. The van der Waals surface area contributed by atoms with Crippen molar-refractivity contribution in [1.29, 1.82) is 0 Å². The lowest BCUT2D eigenvalue weighted by atomic mass is 10.3. The van der Waals surface area contributed by atoms with E-state index in [0.717, 1.165) is 10.0 Å². The minimum Gasteiger partial charge on any atom is -0.477 e. The van der Waals surface area contributed by atoms with Gasteiger partial charge in [-0.1, -0.05) is 0 Å². The average Bonchev–Trinajstić information content (AvgIpc) is 2.12. The Morgan fingerprint density at radius 2 is 2.46 bits per heavy atom. The smallest absolute Gasteiger partial charge is 0.213 e. The molecular weight excluding hydrogens is 230 g/mol. The van der Waals surface area contributed by atoms with Crippen molar-refractivity contribution in [3.05, 3.63) is 22.3 Å². The SMILES string of the molecule is C#CCCOc1cc(C)c(Br)cn1. The molecule has 0 fully saturated rings. The van der Waals surface area contributed by atoms with Crippen molar-refractivity contribution in [2.75, 3.05) is 6.61 Å². The molecule has 0 unspecified atom stereocenters. The summed E-state index contributed by atoms with van der Waals surface area (Å²) >= 11 is 3.36. The van der Waals surface area contributed by atoms with Crippen LogP contribution in [0.1, 0.15) is 12.0 Å². The highest BCUT2D eigenvalue weighted by Gasteiger charge is 1.98. The van der Waals surface area contributed by atoms with Crippen LogP contribution >= 0.6 is 15.9 Å². The van der Waals surface area contributed by atoms with Crippen LogP contribution in [-0.4, -0.2) is 11.6 Å². The molecule has 2 nitrogen and oxygen atoms in total. The second-order valence-corrected chi connectivity index (χ2v) is 3.43. The van der Waals surface area contributed by atoms with Crippen molar-refractivity contribution < 1.29 is 4.74 Å². The molecule has 0 aliphatic carbocycles. The van der Waals surface area contributed by atoms with E-state index in [-0.39, 0.29) is 0 Å². The first-order valence-electron chi connectivity index (χ1n) is 3.92. The van der Waals surface area contributed by atoms with E-state index in [0.29, 0.717) is 18.9 Å². The number of nitrogens with zero attached hydrogens (tertiary/aromatic N) is 1. The van der Waals surface area contributed by atoms with Gasteiger partial charge in [0.1, 0.15) is 6.61 Å². The topological polar surface area (TPSA) is 22.1 Å². The van der Waals surface area contributed by atoms with E-state index >= 15 is 0 Å².